The number of likely N-dealkylation sites (tertiary alicyclic amines) is 1. The lowest BCUT2D eigenvalue weighted by Gasteiger charge is -2.32. The van der Waals surface area contributed by atoms with Gasteiger partial charge in [-0.3, -0.25) is 4.79 Å². The van der Waals surface area contributed by atoms with Gasteiger partial charge in [-0.25, -0.2) is 4.39 Å². The van der Waals surface area contributed by atoms with Crippen molar-refractivity contribution in [2.24, 2.45) is 5.92 Å². The SMILES string of the molecule is Cl.O=C(c1cccc(F)c1)N1CCC(NCC2CC2)CC1. The molecular formula is C16H22ClFN2O. The number of rotatable bonds is 4. The second kappa shape index (κ2) is 7.23. The fraction of sp³-hybridized carbons (Fsp3) is 0.562. The van der Waals surface area contributed by atoms with Crippen molar-refractivity contribution in [3.05, 3.63) is 35.6 Å². The standard InChI is InChI=1S/C16H21FN2O.ClH/c17-14-3-1-2-13(10-14)16(20)19-8-6-15(7-9-19)18-11-12-4-5-12;/h1-3,10,12,15,18H,4-9,11H2;1H. The molecule has 0 spiro atoms. The van der Waals surface area contributed by atoms with E-state index in [4.69, 9.17) is 0 Å². The van der Waals surface area contributed by atoms with Crippen LogP contribution >= 0.6 is 12.4 Å². The summed E-state index contributed by atoms with van der Waals surface area (Å²) in [6.45, 7) is 2.65. The van der Waals surface area contributed by atoms with Gasteiger partial charge in [0.2, 0.25) is 0 Å². The van der Waals surface area contributed by atoms with E-state index in [2.05, 4.69) is 5.32 Å². The van der Waals surface area contributed by atoms with Crippen LogP contribution in [0.1, 0.15) is 36.0 Å². The summed E-state index contributed by atoms with van der Waals surface area (Å²) in [6.07, 6.45) is 4.72. The monoisotopic (exact) mass is 312 g/mol. The minimum absolute atomic E-state index is 0. The van der Waals surface area contributed by atoms with Gasteiger partial charge in [0.1, 0.15) is 5.82 Å². The Balaban J connectivity index is 0.00000161. The second-order valence-corrected chi connectivity index (χ2v) is 5.93. The zero-order chi connectivity index (χ0) is 13.9. The predicted molar refractivity (Wildman–Crippen MR) is 83.3 cm³/mol. The van der Waals surface area contributed by atoms with Gasteiger partial charge >= 0.3 is 0 Å². The molecule has 3 nitrogen and oxygen atoms in total. The van der Waals surface area contributed by atoms with E-state index in [0.29, 0.717) is 11.6 Å². The Hall–Kier alpha value is -1.13. The number of carbonyl (C=O) groups is 1. The minimum atomic E-state index is -0.350. The third-order valence-corrected chi connectivity index (χ3v) is 4.25. The first-order chi connectivity index (χ1) is 9.72. The number of amides is 1. The Morgan fingerprint density at radius 2 is 1.95 bits per heavy atom. The van der Waals surface area contributed by atoms with Crippen molar-refractivity contribution in [3.8, 4) is 0 Å². The predicted octanol–water partition coefficient (Wildman–Crippen LogP) is 2.85. The number of carbonyl (C=O) groups excluding carboxylic acids is 1. The lowest BCUT2D eigenvalue weighted by Crippen LogP contribution is -2.45. The Morgan fingerprint density at radius 1 is 1.24 bits per heavy atom. The van der Waals surface area contributed by atoms with E-state index in [0.717, 1.165) is 38.4 Å². The topological polar surface area (TPSA) is 32.3 Å². The van der Waals surface area contributed by atoms with Crippen molar-refractivity contribution in [3.63, 3.8) is 0 Å². The van der Waals surface area contributed by atoms with Gasteiger partial charge in [0.15, 0.2) is 0 Å². The molecule has 0 radical (unpaired) electrons. The lowest BCUT2D eigenvalue weighted by molar-refractivity contribution is 0.0704. The zero-order valence-electron chi connectivity index (χ0n) is 12.1. The second-order valence-electron chi connectivity index (χ2n) is 5.93. The molecule has 2 fully saturated rings. The number of benzene rings is 1. The van der Waals surface area contributed by atoms with Crippen LogP contribution in [0.25, 0.3) is 0 Å². The van der Waals surface area contributed by atoms with Gasteiger partial charge in [0.05, 0.1) is 0 Å². The number of hydrogen-bond acceptors (Lipinski definition) is 2. The van der Waals surface area contributed by atoms with Crippen LogP contribution in [0.3, 0.4) is 0 Å². The fourth-order valence-electron chi connectivity index (χ4n) is 2.75. The number of nitrogens with one attached hydrogen (secondary N) is 1. The maximum absolute atomic E-state index is 13.2. The molecular weight excluding hydrogens is 291 g/mol. The first kappa shape index (κ1) is 16.2. The number of halogens is 2. The maximum Gasteiger partial charge on any atom is 0.253 e. The van der Waals surface area contributed by atoms with E-state index in [1.54, 1.807) is 12.1 Å². The molecule has 1 aliphatic carbocycles. The molecule has 1 saturated carbocycles. The van der Waals surface area contributed by atoms with Crippen molar-refractivity contribution in [1.82, 2.24) is 10.2 Å². The van der Waals surface area contributed by atoms with Crippen molar-refractivity contribution >= 4 is 18.3 Å². The molecule has 3 rings (SSSR count). The Kier molecular flexibility index (Phi) is 5.59. The van der Waals surface area contributed by atoms with E-state index < -0.39 is 0 Å². The third kappa shape index (κ3) is 4.42. The summed E-state index contributed by atoms with van der Waals surface area (Å²) in [7, 11) is 0. The van der Waals surface area contributed by atoms with Crippen molar-refractivity contribution in [1.29, 1.82) is 0 Å². The third-order valence-electron chi connectivity index (χ3n) is 4.25. The van der Waals surface area contributed by atoms with Gasteiger partial charge in [-0.1, -0.05) is 6.07 Å². The number of hydrogen-bond donors (Lipinski definition) is 1. The fourth-order valence-corrected chi connectivity index (χ4v) is 2.75. The van der Waals surface area contributed by atoms with Crippen LogP contribution in [0.15, 0.2) is 24.3 Å². The highest BCUT2D eigenvalue weighted by Crippen LogP contribution is 2.28. The average molecular weight is 313 g/mol. The van der Waals surface area contributed by atoms with Crippen LogP contribution in [0, 0.1) is 11.7 Å². The lowest BCUT2D eigenvalue weighted by atomic mass is 10.0. The van der Waals surface area contributed by atoms with E-state index in [-0.39, 0.29) is 24.1 Å². The number of piperidine rings is 1. The molecule has 2 aliphatic rings. The van der Waals surface area contributed by atoms with Crippen LogP contribution < -0.4 is 5.32 Å². The summed E-state index contributed by atoms with van der Waals surface area (Å²) >= 11 is 0. The molecule has 1 aromatic rings. The summed E-state index contributed by atoms with van der Waals surface area (Å²) in [4.78, 5) is 14.1. The molecule has 1 aromatic carbocycles. The normalized spacial score (nSPS) is 19.2. The molecule has 21 heavy (non-hydrogen) atoms. The quantitative estimate of drug-likeness (QED) is 0.927. The van der Waals surface area contributed by atoms with Crippen LogP contribution in [-0.2, 0) is 0 Å². The first-order valence-electron chi connectivity index (χ1n) is 7.50. The summed E-state index contributed by atoms with van der Waals surface area (Å²) in [5, 5.41) is 3.59. The Morgan fingerprint density at radius 3 is 2.57 bits per heavy atom. The summed E-state index contributed by atoms with van der Waals surface area (Å²) < 4.78 is 13.2. The van der Waals surface area contributed by atoms with E-state index in [9.17, 15) is 9.18 Å². The molecule has 0 aromatic heterocycles. The maximum atomic E-state index is 13.2. The van der Waals surface area contributed by atoms with Gasteiger partial charge in [0.25, 0.3) is 5.91 Å². The molecule has 116 valence electrons. The van der Waals surface area contributed by atoms with Gasteiger partial charge < -0.3 is 10.2 Å². The zero-order valence-corrected chi connectivity index (χ0v) is 12.9. The van der Waals surface area contributed by atoms with Crippen molar-refractivity contribution in [2.45, 2.75) is 31.7 Å². The highest BCUT2D eigenvalue weighted by molar-refractivity contribution is 5.94. The highest BCUT2D eigenvalue weighted by Gasteiger charge is 2.26. The van der Waals surface area contributed by atoms with Crippen molar-refractivity contribution < 1.29 is 9.18 Å². The molecule has 1 amide bonds. The van der Waals surface area contributed by atoms with Gasteiger partial charge in [-0.15, -0.1) is 12.4 Å². The first-order valence-corrected chi connectivity index (χ1v) is 7.50. The Labute approximate surface area is 131 Å². The smallest absolute Gasteiger partial charge is 0.253 e. The molecule has 1 N–H and O–H groups in total. The molecule has 1 heterocycles. The van der Waals surface area contributed by atoms with Gasteiger partial charge in [-0.2, -0.15) is 0 Å². The van der Waals surface area contributed by atoms with Crippen LogP contribution in [0.4, 0.5) is 4.39 Å². The Bertz CT molecular complexity index is 485. The highest BCUT2D eigenvalue weighted by atomic mass is 35.5. The van der Waals surface area contributed by atoms with Crippen LogP contribution in [0.2, 0.25) is 0 Å². The molecule has 0 unspecified atom stereocenters. The summed E-state index contributed by atoms with van der Waals surface area (Å²) in [5.41, 5.74) is 0.453. The van der Waals surface area contributed by atoms with Gasteiger partial charge in [0, 0.05) is 24.7 Å². The van der Waals surface area contributed by atoms with E-state index >= 15 is 0 Å². The molecule has 5 heteroatoms. The summed E-state index contributed by atoms with van der Waals surface area (Å²) in [5.74, 6) is 0.490. The average Bonchev–Trinajstić information content (AvgIpc) is 3.29. The van der Waals surface area contributed by atoms with Crippen LogP contribution in [0.5, 0.6) is 0 Å². The molecule has 1 saturated heterocycles. The largest absolute Gasteiger partial charge is 0.339 e. The molecule has 0 bridgehead atoms. The van der Waals surface area contributed by atoms with E-state index in [1.807, 2.05) is 4.90 Å². The minimum Gasteiger partial charge on any atom is -0.339 e. The van der Waals surface area contributed by atoms with Gasteiger partial charge in [-0.05, 0) is 56.3 Å². The molecule has 1 aliphatic heterocycles. The van der Waals surface area contributed by atoms with Crippen molar-refractivity contribution in [2.75, 3.05) is 19.6 Å². The summed E-state index contributed by atoms with van der Waals surface area (Å²) in [6, 6.07) is 6.49. The van der Waals surface area contributed by atoms with Crippen LogP contribution in [-0.4, -0.2) is 36.5 Å². The number of nitrogens with zero attached hydrogens (tertiary/aromatic N) is 1. The van der Waals surface area contributed by atoms with E-state index in [1.165, 1.54) is 25.0 Å². The molecule has 0 atom stereocenters.